The van der Waals surface area contributed by atoms with Gasteiger partial charge in [-0.3, -0.25) is 9.36 Å². The van der Waals surface area contributed by atoms with Crippen molar-refractivity contribution in [3.05, 3.63) is 42.7 Å². The molecule has 1 aliphatic rings. The van der Waals surface area contributed by atoms with Gasteiger partial charge in [-0.05, 0) is 30.9 Å². The SMILES string of the molecule is C=CCn1c(SCC(=O)NC2CCCCC2C)nnc1-c1ccccc1F. The highest BCUT2D eigenvalue weighted by molar-refractivity contribution is 7.99. The average Bonchev–Trinajstić information content (AvgIpc) is 3.05. The maximum Gasteiger partial charge on any atom is 0.230 e. The maximum absolute atomic E-state index is 14.1. The van der Waals surface area contributed by atoms with Crippen LogP contribution >= 0.6 is 11.8 Å². The molecule has 1 aromatic heterocycles. The Morgan fingerprint density at radius 1 is 1.37 bits per heavy atom. The van der Waals surface area contributed by atoms with Crippen molar-refractivity contribution < 1.29 is 9.18 Å². The molecule has 0 aliphatic heterocycles. The Hall–Kier alpha value is -2.15. The number of amides is 1. The highest BCUT2D eigenvalue weighted by atomic mass is 32.2. The second-order valence-electron chi connectivity index (χ2n) is 6.91. The minimum atomic E-state index is -0.351. The lowest BCUT2D eigenvalue weighted by molar-refractivity contribution is -0.119. The molecule has 1 fully saturated rings. The number of nitrogens with one attached hydrogen (secondary N) is 1. The number of aromatic nitrogens is 3. The van der Waals surface area contributed by atoms with Crippen LogP contribution in [-0.2, 0) is 11.3 Å². The van der Waals surface area contributed by atoms with Crippen LogP contribution in [0.2, 0.25) is 0 Å². The maximum atomic E-state index is 14.1. The number of hydrogen-bond acceptors (Lipinski definition) is 4. The Balaban J connectivity index is 1.69. The van der Waals surface area contributed by atoms with Gasteiger partial charge < -0.3 is 5.32 Å². The van der Waals surface area contributed by atoms with Crippen LogP contribution in [0.25, 0.3) is 11.4 Å². The molecule has 7 heteroatoms. The molecule has 1 heterocycles. The summed E-state index contributed by atoms with van der Waals surface area (Å²) >= 11 is 1.31. The van der Waals surface area contributed by atoms with E-state index < -0.39 is 0 Å². The minimum Gasteiger partial charge on any atom is -0.352 e. The number of hydrogen-bond donors (Lipinski definition) is 1. The van der Waals surface area contributed by atoms with Crippen LogP contribution in [0.1, 0.15) is 32.6 Å². The van der Waals surface area contributed by atoms with E-state index in [0.717, 1.165) is 12.8 Å². The number of allylic oxidation sites excluding steroid dienone is 1. The lowest BCUT2D eigenvalue weighted by atomic mass is 9.86. The number of benzene rings is 1. The molecule has 1 amide bonds. The zero-order chi connectivity index (χ0) is 19.2. The first kappa shape index (κ1) is 19.6. The average molecular weight is 389 g/mol. The topological polar surface area (TPSA) is 59.8 Å². The summed E-state index contributed by atoms with van der Waals surface area (Å²) in [6, 6.07) is 6.72. The molecule has 2 aromatic rings. The predicted octanol–water partition coefficient (Wildman–Crippen LogP) is 4.06. The van der Waals surface area contributed by atoms with Gasteiger partial charge in [0.15, 0.2) is 11.0 Å². The van der Waals surface area contributed by atoms with Crippen LogP contribution in [0.15, 0.2) is 42.1 Å². The number of thioether (sulfide) groups is 1. The third kappa shape index (κ3) is 4.77. The van der Waals surface area contributed by atoms with Gasteiger partial charge in [-0.15, -0.1) is 16.8 Å². The first-order valence-corrected chi connectivity index (χ1v) is 10.3. The Morgan fingerprint density at radius 2 is 2.15 bits per heavy atom. The van der Waals surface area contributed by atoms with Gasteiger partial charge >= 0.3 is 0 Å². The zero-order valence-electron chi connectivity index (χ0n) is 15.5. The van der Waals surface area contributed by atoms with Crippen LogP contribution in [0, 0.1) is 11.7 Å². The number of halogens is 1. The van der Waals surface area contributed by atoms with Crippen molar-refractivity contribution in [2.45, 2.75) is 50.4 Å². The fourth-order valence-electron chi connectivity index (χ4n) is 3.44. The molecule has 0 bridgehead atoms. The molecule has 144 valence electrons. The molecule has 1 aliphatic carbocycles. The van der Waals surface area contributed by atoms with E-state index in [4.69, 9.17) is 0 Å². The molecule has 5 nitrogen and oxygen atoms in total. The molecule has 0 radical (unpaired) electrons. The van der Waals surface area contributed by atoms with E-state index in [1.165, 1.54) is 30.7 Å². The summed E-state index contributed by atoms with van der Waals surface area (Å²) in [5, 5.41) is 12.0. The second-order valence-corrected chi connectivity index (χ2v) is 7.85. The van der Waals surface area contributed by atoms with E-state index in [1.807, 2.05) is 0 Å². The fourth-order valence-corrected chi connectivity index (χ4v) is 4.20. The summed E-state index contributed by atoms with van der Waals surface area (Å²) < 4.78 is 15.9. The summed E-state index contributed by atoms with van der Waals surface area (Å²) in [5.41, 5.74) is 0.388. The van der Waals surface area contributed by atoms with Crippen molar-refractivity contribution in [3.63, 3.8) is 0 Å². The molecular weight excluding hydrogens is 363 g/mol. The number of carbonyl (C=O) groups is 1. The van der Waals surface area contributed by atoms with Crippen LogP contribution in [-0.4, -0.2) is 32.5 Å². The van der Waals surface area contributed by atoms with Crippen LogP contribution in [0.4, 0.5) is 4.39 Å². The van der Waals surface area contributed by atoms with Crippen molar-refractivity contribution in [1.29, 1.82) is 0 Å². The second kappa shape index (κ2) is 9.17. The molecule has 1 N–H and O–H groups in total. The third-order valence-electron chi connectivity index (χ3n) is 4.93. The summed E-state index contributed by atoms with van der Waals surface area (Å²) in [6.07, 6.45) is 6.33. The van der Waals surface area contributed by atoms with Gasteiger partial charge in [0.1, 0.15) is 5.82 Å². The highest BCUT2D eigenvalue weighted by Crippen LogP contribution is 2.27. The van der Waals surface area contributed by atoms with Gasteiger partial charge in [-0.1, -0.05) is 49.7 Å². The summed E-state index contributed by atoms with van der Waals surface area (Å²) in [4.78, 5) is 12.4. The molecule has 1 aromatic carbocycles. The van der Waals surface area contributed by atoms with Crippen molar-refractivity contribution in [1.82, 2.24) is 20.1 Å². The molecule has 0 saturated heterocycles. The predicted molar refractivity (Wildman–Crippen MR) is 106 cm³/mol. The quantitative estimate of drug-likeness (QED) is 0.574. The third-order valence-corrected chi connectivity index (χ3v) is 5.90. The number of nitrogens with zero attached hydrogens (tertiary/aromatic N) is 3. The van der Waals surface area contributed by atoms with Gasteiger partial charge in [0.25, 0.3) is 0 Å². The first-order valence-electron chi connectivity index (χ1n) is 9.31. The molecule has 2 atom stereocenters. The normalized spacial score (nSPS) is 19.6. The Kier molecular flexibility index (Phi) is 6.66. The minimum absolute atomic E-state index is 0.000607. The standard InChI is InChI=1S/C20H25FN4OS/c1-3-12-25-19(15-9-5-6-10-16(15)21)23-24-20(25)27-13-18(26)22-17-11-7-4-8-14(17)2/h3,5-6,9-10,14,17H,1,4,7-8,11-13H2,2H3,(H,22,26). The summed E-state index contributed by atoms with van der Waals surface area (Å²) in [6.45, 7) is 6.39. The Morgan fingerprint density at radius 3 is 2.89 bits per heavy atom. The first-order chi connectivity index (χ1) is 13.1. The number of rotatable bonds is 7. The molecular formula is C20H25FN4OS. The number of carbonyl (C=O) groups excluding carboxylic acids is 1. The fraction of sp³-hybridized carbons (Fsp3) is 0.450. The molecule has 2 unspecified atom stereocenters. The smallest absolute Gasteiger partial charge is 0.230 e. The van der Waals surface area contributed by atoms with Gasteiger partial charge in [0.05, 0.1) is 11.3 Å². The lowest BCUT2D eigenvalue weighted by Crippen LogP contribution is -2.41. The summed E-state index contributed by atoms with van der Waals surface area (Å²) in [5.74, 6) is 0.868. The van der Waals surface area contributed by atoms with Gasteiger partial charge in [-0.25, -0.2) is 4.39 Å². The van der Waals surface area contributed by atoms with Gasteiger partial charge in [0.2, 0.25) is 5.91 Å². The zero-order valence-corrected chi connectivity index (χ0v) is 16.3. The van der Waals surface area contributed by atoms with Crippen molar-refractivity contribution in [2.75, 3.05) is 5.75 Å². The van der Waals surface area contributed by atoms with Gasteiger partial charge in [-0.2, -0.15) is 0 Å². The monoisotopic (exact) mass is 388 g/mol. The largest absolute Gasteiger partial charge is 0.352 e. The van der Waals surface area contributed by atoms with Crippen molar-refractivity contribution >= 4 is 17.7 Å². The van der Waals surface area contributed by atoms with E-state index in [-0.39, 0.29) is 23.5 Å². The Bertz CT molecular complexity index is 807. The molecule has 3 rings (SSSR count). The van der Waals surface area contributed by atoms with E-state index in [2.05, 4.69) is 29.0 Å². The van der Waals surface area contributed by atoms with E-state index in [9.17, 15) is 9.18 Å². The van der Waals surface area contributed by atoms with Crippen LogP contribution in [0.5, 0.6) is 0 Å². The van der Waals surface area contributed by atoms with E-state index in [0.29, 0.717) is 29.0 Å². The molecule has 1 saturated carbocycles. The summed E-state index contributed by atoms with van der Waals surface area (Å²) in [7, 11) is 0. The Labute approximate surface area is 163 Å². The molecule has 27 heavy (non-hydrogen) atoms. The van der Waals surface area contributed by atoms with Crippen LogP contribution in [0.3, 0.4) is 0 Å². The molecule has 0 spiro atoms. The highest BCUT2D eigenvalue weighted by Gasteiger charge is 2.23. The lowest BCUT2D eigenvalue weighted by Gasteiger charge is -2.29. The van der Waals surface area contributed by atoms with E-state index in [1.54, 1.807) is 28.8 Å². The van der Waals surface area contributed by atoms with Gasteiger partial charge in [0, 0.05) is 12.6 Å². The van der Waals surface area contributed by atoms with Crippen molar-refractivity contribution in [2.24, 2.45) is 5.92 Å². The van der Waals surface area contributed by atoms with E-state index >= 15 is 0 Å². The van der Waals surface area contributed by atoms with Crippen LogP contribution < -0.4 is 5.32 Å². The van der Waals surface area contributed by atoms with Crippen molar-refractivity contribution in [3.8, 4) is 11.4 Å².